The van der Waals surface area contributed by atoms with E-state index in [1.165, 1.54) is 22.3 Å². The zero-order valence-electron chi connectivity index (χ0n) is 20.7. The normalized spacial score (nSPS) is 19.3. The molecule has 1 aliphatic heterocycles. The minimum atomic E-state index is 0.199. The molecule has 32 heavy (non-hydrogen) atoms. The third-order valence-electron chi connectivity index (χ3n) is 6.09. The van der Waals surface area contributed by atoms with E-state index in [9.17, 15) is 0 Å². The smallest absolute Gasteiger partial charge is 0.0582 e. The summed E-state index contributed by atoms with van der Waals surface area (Å²) >= 11 is 0. The van der Waals surface area contributed by atoms with Crippen molar-refractivity contribution in [1.29, 1.82) is 0 Å². The Hall–Kier alpha value is -2.50. The van der Waals surface area contributed by atoms with Crippen LogP contribution in [0.15, 0.2) is 63.4 Å². The molecule has 174 valence electrons. The number of benzene rings is 1. The van der Waals surface area contributed by atoms with Crippen LogP contribution in [0.2, 0.25) is 0 Å². The number of aliphatic imine (C=N–C) groups is 2. The second kappa shape index (κ2) is 13.1. The lowest BCUT2D eigenvalue weighted by molar-refractivity contribution is 0.299. The van der Waals surface area contributed by atoms with E-state index in [-0.39, 0.29) is 12.0 Å². The molecule has 0 spiro atoms. The Labute approximate surface area is 194 Å². The first-order valence-corrected chi connectivity index (χ1v) is 11.8. The van der Waals surface area contributed by atoms with Gasteiger partial charge in [0.15, 0.2) is 0 Å². The highest BCUT2D eigenvalue weighted by Crippen LogP contribution is 2.36. The van der Waals surface area contributed by atoms with E-state index >= 15 is 0 Å². The number of hydrogen-bond acceptors (Lipinski definition) is 5. The second-order valence-electron chi connectivity index (χ2n) is 8.39. The lowest BCUT2D eigenvalue weighted by Gasteiger charge is -2.28. The van der Waals surface area contributed by atoms with Crippen LogP contribution in [0.5, 0.6) is 0 Å². The van der Waals surface area contributed by atoms with Gasteiger partial charge in [-0.05, 0) is 69.4 Å². The average molecular weight is 436 g/mol. The van der Waals surface area contributed by atoms with Crippen LogP contribution < -0.4 is 11.2 Å². The van der Waals surface area contributed by atoms with Gasteiger partial charge in [0.1, 0.15) is 0 Å². The standard InChI is InChI=1S/C27H41N5/c1-7-10-14-31-21(5)26(18-29-6)27(19-32(28)23-13-15-30-17-23)24(9-3)25-16-20(4)11-12-22(25)8-2/h7,10-12,14,16,18-19,23-24,30H,8-9,13,15,17,28H2,1-6H3/b10-7-,26-21-,27-19+,29-18?,31-14-. The first kappa shape index (κ1) is 25.8. The minimum Gasteiger partial charge on any atom is -0.315 e. The van der Waals surface area contributed by atoms with Crippen molar-refractivity contribution in [2.45, 2.75) is 65.8 Å². The molecule has 2 unspecified atom stereocenters. The van der Waals surface area contributed by atoms with Gasteiger partial charge in [0.2, 0.25) is 0 Å². The summed E-state index contributed by atoms with van der Waals surface area (Å²) in [6.45, 7) is 12.6. The molecule has 0 aromatic heterocycles. The van der Waals surface area contributed by atoms with Crippen LogP contribution in [-0.2, 0) is 6.42 Å². The molecule has 1 saturated heterocycles. The van der Waals surface area contributed by atoms with Gasteiger partial charge < -0.3 is 10.3 Å². The van der Waals surface area contributed by atoms with Crippen molar-refractivity contribution in [2.75, 3.05) is 20.1 Å². The van der Waals surface area contributed by atoms with E-state index in [1.54, 1.807) is 0 Å². The van der Waals surface area contributed by atoms with E-state index in [0.717, 1.165) is 43.6 Å². The highest BCUT2D eigenvalue weighted by atomic mass is 15.4. The predicted molar refractivity (Wildman–Crippen MR) is 139 cm³/mol. The number of nitrogens with zero attached hydrogens (tertiary/aromatic N) is 3. The quantitative estimate of drug-likeness (QED) is 0.233. The summed E-state index contributed by atoms with van der Waals surface area (Å²) in [5.74, 6) is 6.81. The molecular weight excluding hydrogens is 394 g/mol. The third-order valence-corrected chi connectivity index (χ3v) is 6.09. The van der Waals surface area contributed by atoms with Gasteiger partial charge in [-0.25, -0.2) is 5.84 Å². The number of hydrogen-bond donors (Lipinski definition) is 2. The Bertz CT molecular complexity index is 885. The van der Waals surface area contributed by atoms with Crippen LogP contribution in [0, 0.1) is 6.92 Å². The third kappa shape index (κ3) is 6.75. The van der Waals surface area contributed by atoms with Crippen LogP contribution in [0.4, 0.5) is 0 Å². The van der Waals surface area contributed by atoms with Crippen molar-refractivity contribution in [3.05, 3.63) is 70.1 Å². The highest BCUT2D eigenvalue weighted by Gasteiger charge is 2.25. The van der Waals surface area contributed by atoms with Crippen LogP contribution in [-0.4, -0.2) is 43.6 Å². The molecule has 1 aromatic rings. The maximum absolute atomic E-state index is 6.61. The summed E-state index contributed by atoms with van der Waals surface area (Å²) in [4.78, 5) is 9.09. The number of rotatable bonds is 10. The van der Waals surface area contributed by atoms with Crippen LogP contribution in [0.1, 0.15) is 63.1 Å². The van der Waals surface area contributed by atoms with Crippen molar-refractivity contribution in [3.63, 3.8) is 0 Å². The van der Waals surface area contributed by atoms with E-state index in [0.29, 0.717) is 0 Å². The van der Waals surface area contributed by atoms with Crippen molar-refractivity contribution in [1.82, 2.24) is 10.3 Å². The first-order chi connectivity index (χ1) is 15.5. The summed E-state index contributed by atoms with van der Waals surface area (Å²) in [7, 11) is 1.81. The Morgan fingerprint density at radius 3 is 2.72 bits per heavy atom. The van der Waals surface area contributed by atoms with Gasteiger partial charge in [0, 0.05) is 49.4 Å². The van der Waals surface area contributed by atoms with Gasteiger partial charge in [0.25, 0.3) is 0 Å². The molecule has 0 radical (unpaired) electrons. The number of allylic oxidation sites excluding steroid dienone is 5. The number of aryl methyl sites for hydroxylation is 2. The van der Waals surface area contributed by atoms with E-state index in [1.807, 2.05) is 50.5 Å². The number of nitrogens with two attached hydrogens (primary N) is 1. The number of hydrazine groups is 1. The average Bonchev–Trinajstić information content (AvgIpc) is 3.33. The fourth-order valence-corrected chi connectivity index (χ4v) is 4.29. The number of nitrogens with one attached hydrogen (secondary N) is 1. The van der Waals surface area contributed by atoms with Gasteiger partial charge in [-0.1, -0.05) is 43.7 Å². The Morgan fingerprint density at radius 1 is 1.34 bits per heavy atom. The fourth-order valence-electron chi connectivity index (χ4n) is 4.29. The van der Waals surface area contributed by atoms with Gasteiger partial charge in [-0.15, -0.1) is 0 Å². The van der Waals surface area contributed by atoms with Crippen LogP contribution in [0.3, 0.4) is 0 Å². The topological polar surface area (TPSA) is 66.0 Å². The molecule has 0 amide bonds. The predicted octanol–water partition coefficient (Wildman–Crippen LogP) is 5.09. The Morgan fingerprint density at radius 2 is 2.12 bits per heavy atom. The maximum atomic E-state index is 6.61. The molecule has 2 atom stereocenters. The molecule has 5 heteroatoms. The molecule has 0 bridgehead atoms. The van der Waals surface area contributed by atoms with Crippen LogP contribution in [0.25, 0.3) is 0 Å². The molecular formula is C27H41N5. The minimum absolute atomic E-state index is 0.199. The Kier molecular flexibility index (Phi) is 10.6. The molecule has 3 N–H and O–H groups in total. The first-order valence-electron chi connectivity index (χ1n) is 11.8. The van der Waals surface area contributed by atoms with E-state index in [2.05, 4.69) is 55.5 Å². The zero-order valence-corrected chi connectivity index (χ0v) is 20.7. The molecule has 2 rings (SSSR count). The summed E-state index contributed by atoms with van der Waals surface area (Å²) in [6, 6.07) is 7.09. The van der Waals surface area contributed by atoms with Crippen molar-refractivity contribution < 1.29 is 0 Å². The lowest BCUT2D eigenvalue weighted by Crippen LogP contribution is -2.38. The highest BCUT2D eigenvalue weighted by molar-refractivity contribution is 5.87. The van der Waals surface area contributed by atoms with Gasteiger partial charge >= 0.3 is 0 Å². The largest absolute Gasteiger partial charge is 0.315 e. The van der Waals surface area contributed by atoms with E-state index < -0.39 is 0 Å². The molecule has 0 aliphatic carbocycles. The summed E-state index contributed by atoms with van der Waals surface area (Å²) in [5.41, 5.74) is 7.15. The zero-order chi connectivity index (χ0) is 23.5. The molecule has 1 fully saturated rings. The van der Waals surface area contributed by atoms with E-state index in [4.69, 9.17) is 10.8 Å². The Balaban J connectivity index is 2.70. The molecule has 1 aliphatic rings. The summed E-state index contributed by atoms with van der Waals surface area (Å²) < 4.78 is 0. The van der Waals surface area contributed by atoms with Gasteiger partial charge in [-0.2, -0.15) is 0 Å². The SMILES string of the molecule is C\C=C/C=N\C(C)=C(C=NC)/C(=C/N(N)C1CCNC1)C(CC)c1cc(C)ccc1CC. The lowest BCUT2D eigenvalue weighted by atomic mass is 9.81. The summed E-state index contributed by atoms with van der Waals surface area (Å²) in [5, 5.41) is 5.31. The summed E-state index contributed by atoms with van der Waals surface area (Å²) in [6.07, 6.45) is 12.8. The van der Waals surface area contributed by atoms with Crippen molar-refractivity contribution in [2.24, 2.45) is 15.8 Å². The maximum Gasteiger partial charge on any atom is 0.0582 e. The van der Waals surface area contributed by atoms with Crippen molar-refractivity contribution >= 4 is 12.4 Å². The molecule has 0 saturated carbocycles. The van der Waals surface area contributed by atoms with Crippen molar-refractivity contribution in [3.8, 4) is 0 Å². The second-order valence-corrected chi connectivity index (χ2v) is 8.39. The fraction of sp³-hybridized carbons (Fsp3) is 0.481. The molecule has 5 nitrogen and oxygen atoms in total. The molecule has 1 heterocycles. The molecule has 1 aromatic carbocycles. The van der Waals surface area contributed by atoms with Gasteiger partial charge in [0.05, 0.1) is 6.04 Å². The van der Waals surface area contributed by atoms with Gasteiger partial charge in [-0.3, -0.25) is 9.98 Å². The monoisotopic (exact) mass is 435 g/mol. The van der Waals surface area contributed by atoms with Crippen LogP contribution >= 0.6 is 0 Å².